The van der Waals surface area contributed by atoms with Crippen molar-refractivity contribution < 1.29 is 19.4 Å². The van der Waals surface area contributed by atoms with Gasteiger partial charge in [0.2, 0.25) is 11.0 Å². The molecule has 8 nitrogen and oxygen atoms in total. The lowest BCUT2D eigenvalue weighted by molar-refractivity contribution is -0.148. The van der Waals surface area contributed by atoms with Gasteiger partial charge in [-0.2, -0.15) is 4.98 Å². The molecule has 1 aromatic heterocycles. The molecule has 1 aliphatic rings. The normalized spacial score (nSPS) is 19.0. The highest BCUT2D eigenvalue weighted by Gasteiger charge is 2.37. The van der Waals surface area contributed by atoms with Gasteiger partial charge in [-0.3, -0.25) is 4.79 Å². The van der Waals surface area contributed by atoms with Crippen LogP contribution in [0, 0.1) is 5.92 Å². The third-order valence-electron chi connectivity index (χ3n) is 3.71. The minimum atomic E-state index is -0.947. The first-order valence-electron chi connectivity index (χ1n) is 7.60. The Morgan fingerprint density at radius 2 is 2.26 bits per heavy atom. The predicted octanol–water partition coefficient (Wildman–Crippen LogP) is 1.45. The molecule has 23 heavy (non-hydrogen) atoms. The number of carboxylic acids is 1. The van der Waals surface area contributed by atoms with E-state index in [-0.39, 0.29) is 17.8 Å². The Hall–Kier alpha value is -1.90. The summed E-state index contributed by atoms with van der Waals surface area (Å²) in [5, 5.41) is 12.8. The molecule has 0 saturated carbocycles. The largest absolute Gasteiger partial charge is 0.480 e. The van der Waals surface area contributed by atoms with Crippen LogP contribution in [0.3, 0.4) is 0 Å². The topological polar surface area (TPSA) is 105 Å². The minimum absolute atomic E-state index is 0.197. The number of amides is 1. The quantitative estimate of drug-likeness (QED) is 0.772. The molecule has 1 saturated heterocycles. The number of ether oxygens (including phenoxy) is 1. The Labute approximate surface area is 139 Å². The summed E-state index contributed by atoms with van der Waals surface area (Å²) in [5.74, 6) is -0.869. The van der Waals surface area contributed by atoms with Crippen molar-refractivity contribution in [2.24, 2.45) is 5.92 Å². The van der Waals surface area contributed by atoms with Crippen LogP contribution < -0.4 is 10.1 Å². The van der Waals surface area contributed by atoms with E-state index in [9.17, 15) is 14.7 Å². The first-order valence-corrected chi connectivity index (χ1v) is 8.37. The number of rotatable bonds is 7. The first kappa shape index (κ1) is 17.5. The molecular weight excluding hydrogens is 320 g/mol. The molecule has 0 radical (unpaired) electrons. The summed E-state index contributed by atoms with van der Waals surface area (Å²) in [6, 6.07) is -1.01. The van der Waals surface area contributed by atoms with Crippen molar-refractivity contribution in [3.63, 3.8) is 0 Å². The van der Waals surface area contributed by atoms with Gasteiger partial charge in [0.15, 0.2) is 0 Å². The summed E-state index contributed by atoms with van der Waals surface area (Å²) in [5.41, 5.74) is 0. The highest BCUT2D eigenvalue weighted by atomic mass is 32.1. The fourth-order valence-corrected chi connectivity index (χ4v) is 3.27. The monoisotopic (exact) mass is 342 g/mol. The van der Waals surface area contributed by atoms with Crippen molar-refractivity contribution in [2.45, 2.75) is 45.2 Å². The van der Waals surface area contributed by atoms with Crippen molar-refractivity contribution in [3.8, 4) is 6.01 Å². The van der Waals surface area contributed by atoms with Crippen LogP contribution in [0.15, 0.2) is 0 Å². The average Bonchev–Trinajstić information content (AvgIpc) is 3.14. The Morgan fingerprint density at radius 1 is 1.52 bits per heavy atom. The van der Waals surface area contributed by atoms with E-state index in [1.54, 1.807) is 0 Å². The summed E-state index contributed by atoms with van der Waals surface area (Å²) in [4.78, 5) is 29.7. The van der Waals surface area contributed by atoms with Crippen LogP contribution in [0.1, 0.15) is 33.1 Å². The molecule has 1 unspecified atom stereocenters. The molecule has 2 heterocycles. The summed E-state index contributed by atoms with van der Waals surface area (Å²) in [7, 11) is 1.48. The van der Waals surface area contributed by atoms with E-state index in [0.29, 0.717) is 30.9 Å². The lowest BCUT2D eigenvalue weighted by atomic mass is 10.0. The smallest absolute Gasteiger partial charge is 0.329 e. The van der Waals surface area contributed by atoms with Gasteiger partial charge >= 0.3 is 12.0 Å². The molecule has 2 rings (SSSR count). The van der Waals surface area contributed by atoms with Crippen molar-refractivity contribution in [1.82, 2.24) is 14.3 Å². The van der Waals surface area contributed by atoms with E-state index in [1.165, 1.54) is 12.0 Å². The number of anilines is 1. The lowest BCUT2D eigenvalue weighted by Gasteiger charge is -2.28. The van der Waals surface area contributed by atoms with E-state index >= 15 is 0 Å². The van der Waals surface area contributed by atoms with Crippen LogP contribution in [-0.4, -0.2) is 57.0 Å². The van der Waals surface area contributed by atoms with E-state index in [1.807, 2.05) is 13.8 Å². The van der Waals surface area contributed by atoms with E-state index < -0.39 is 18.1 Å². The minimum Gasteiger partial charge on any atom is -0.480 e. The third kappa shape index (κ3) is 4.31. The van der Waals surface area contributed by atoms with Crippen LogP contribution in [0.25, 0.3) is 0 Å². The molecule has 1 fully saturated rings. The maximum absolute atomic E-state index is 12.8. The third-order valence-corrected chi connectivity index (χ3v) is 4.34. The number of nitrogens with zero attached hydrogens (tertiary/aromatic N) is 3. The highest BCUT2D eigenvalue weighted by Crippen LogP contribution is 2.23. The van der Waals surface area contributed by atoms with Gasteiger partial charge in [-0.25, -0.2) is 4.79 Å². The Morgan fingerprint density at radius 3 is 2.83 bits per heavy atom. The maximum Gasteiger partial charge on any atom is 0.329 e. The van der Waals surface area contributed by atoms with Gasteiger partial charge in [-0.15, -0.1) is 4.37 Å². The van der Waals surface area contributed by atoms with Gasteiger partial charge in [0.1, 0.15) is 12.1 Å². The Kier molecular flexibility index (Phi) is 5.75. The SMILES string of the molecule is COc1nsc(N[C@@H](CC(C)C)C(=O)N2CCCC2C(=O)O)n1. The summed E-state index contributed by atoms with van der Waals surface area (Å²) >= 11 is 1.11. The van der Waals surface area contributed by atoms with Gasteiger partial charge < -0.3 is 20.1 Å². The summed E-state index contributed by atoms with van der Waals surface area (Å²) < 4.78 is 8.94. The molecule has 1 aromatic rings. The molecule has 9 heteroatoms. The van der Waals surface area contributed by atoms with Gasteiger partial charge in [0.25, 0.3) is 0 Å². The van der Waals surface area contributed by atoms with Crippen LogP contribution >= 0.6 is 11.5 Å². The van der Waals surface area contributed by atoms with Gasteiger partial charge in [-0.05, 0) is 25.2 Å². The van der Waals surface area contributed by atoms with Gasteiger partial charge in [-0.1, -0.05) is 13.8 Å². The summed E-state index contributed by atoms with van der Waals surface area (Å²) in [6.45, 7) is 4.51. The number of carbonyl (C=O) groups is 2. The predicted molar refractivity (Wildman–Crippen MR) is 85.7 cm³/mol. The molecule has 1 amide bonds. The maximum atomic E-state index is 12.8. The van der Waals surface area contributed by atoms with Crippen LogP contribution in [0.5, 0.6) is 6.01 Å². The van der Waals surface area contributed by atoms with Crippen molar-refractivity contribution >= 4 is 28.5 Å². The molecule has 0 aliphatic carbocycles. The number of carboxylic acid groups (broad SMARTS) is 1. The number of nitrogens with one attached hydrogen (secondary N) is 1. The first-order chi connectivity index (χ1) is 10.9. The molecule has 128 valence electrons. The van der Waals surface area contributed by atoms with Crippen LogP contribution in [0.4, 0.5) is 5.13 Å². The molecule has 2 N–H and O–H groups in total. The van der Waals surface area contributed by atoms with E-state index in [0.717, 1.165) is 11.5 Å². The number of carbonyl (C=O) groups excluding carboxylic acids is 1. The molecule has 2 atom stereocenters. The molecular formula is C14H22N4O4S. The number of methoxy groups -OCH3 is 1. The summed E-state index contributed by atoms with van der Waals surface area (Å²) in [6.07, 6.45) is 1.80. The molecule has 0 bridgehead atoms. The second-order valence-corrected chi connectivity index (χ2v) is 6.69. The van der Waals surface area contributed by atoms with Crippen molar-refractivity contribution in [1.29, 1.82) is 0 Å². The number of likely N-dealkylation sites (tertiary alicyclic amines) is 1. The number of aromatic nitrogens is 2. The zero-order valence-electron chi connectivity index (χ0n) is 13.5. The zero-order chi connectivity index (χ0) is 17.0. The Bertz CT molecular complexity index is 563. The highest BCUT2D eigenvalue weighted by molar-refractivity contribution is 7.09. The van der Waals surface area contributed by atoms with Crippen LogP contribution in [-0.2, 0) is 9.59 Å². The number of hydrogen-bond acceptors (Lipinski definition) is 7. The van der Waals surface area contributed by atoms with E-state index in [4.69, 9.17) is 4.74 Å². The van der Waals surface area contributed by atoms with Gasteiger partial charge in [0.05, 0.1) is 7.11 Å². The molecule has 1 aliphatic heterocycles. The molecule has 0 spiro atoms. The van der Waals surface area contributed by atoms with Gasteiger partial charge in [0, 0.05) is 18.1 Å². The van der Waals surface area contributed by atoms with E-state index in [2.05, 4.69) is 14.7 Å². The van der Waals surface area contributed by atoms with Crippen LogP contribution in [0.2, 0.25) is 0 Å². The number of hydrogen-bond donors (Lipinski definition) is 2. The van der Waals surface area contributed by atoms with Crippen molar-refractivity contribution in [3.05, 3.63) is 0 Å². The zero-order valence-corrected chi connectivity index (χ0v) is 14.3. The second kappa shape index (κ2) is 7.58. The molecule has 0 aromatic carbocycles. The average molecular weight is 342 g/mol. The standard InChI is InChI=1S/C14H22N4O4S/c1-8(2)7-9(15-14-16-13(22-3)17-23-14)11(19)18-6-4-5-10(18)12(20)21/h8-10H,4-7H2,1-3H3,(H,20,21)(H,15,16,17)/t9-,10?/m0/s1. The fraction of sp³-hybridized carbons (Fsp3) is 0.714. The Balaban J connectivity index is 2.13. The second-order valence-electron chi connectivity index (χ2n) is 5.94. The fourth-order valence-electron chi connectivity index (χ4n) is 2.68. The van der Waals surface area contributed by atoms with Crippen molar-refractivity contribution in [2.75, 3.05) is 19.0 Å². The lowest BCUT2D eigenvalue weighted by Crippen LogP contribution is -2.48. The number of aliphatic carboxylic acids is 1.